The minimum atomic E-state index is -1.25. The molecule has 6 nitrogen and oxygen atoms in total. The molecule has 1 saturated heterocycles. The Hall–Kier alpha value is -1.15. The van der Waals surface area contributed by atoms with Crippen molar-refractivity contribution < 1.29 is 24.2 Å². The number of ether oxygens (including phenoxy) is 2. The van der Waals surface area contributed by atoms with Gasteiger partial charge < -0.3 is 24.2 Å². The maximum absolute atomic E-state index is 9.99. The first kappa shape index (κ1) is 24.0. The topological polar surface area (TPSA) is 85.0 Å². The van der Waals surface area contributed by atoms with Crippen molar-refractivity contribution in [2.75, 3.05) is 13.2 Å². The Morgan fingerprint density at radius 1 is 1.16 bits per heavy atom. The van der Waals surface area contributed by atoms with Gasteiger partial charge in [-0.15, -0.1) is 0 Å². The van der Waals surface area contributed by atoms with E-state index in [1.54, 1.807) is 32.0 Å². The molecule has 3 atom stereocenters. The molecule has 2 bridgehead atoms. The third-order valence-corrected chi connectivity index (χ3v) is 7.57. The van der Waals surface area contributed by atoms with Crippen LogP contribution in [0.2, 0.25) is 10.0 Å². The zero-order valence-corrected chi connectivity index (χ0v) is 20.2. The normalized spacial score (nSPS) is 26.3. The average molecular weight is 484 g/mol. The lowest BCUT2D eigenvalue weighted by Gasteiger charge is -2.39. The minimum Gasteiger partial charge on any atom is -0.391 e. The number of hydrogen-bond donors (Lipinski definition) is 2. The van der Waals surface area contributed by atoms with Crippen molar-refractivity contribution in [1.29, 1.82) is 0 Å². The van der Waals surface area contributed by atoms with Crippen LogP contribution in [-0.4, -0.2) is 34.4 Å². The van der Waals surface area contributed by atoms with Crippen LogP contribution in [0.3, 0.4) is 0 Å². The lowest BCUT2D eigenvalue weighted by atomic mass is 9.81. The first-order valence-corrected chi connectivity index (χ1v) is 12.0. The summed E-state index contributed by atoms with van der Waals surface area (Å²) in [6, 6.07) is 5.05. The van der Waals surface area contributed by atoms with Crippen LogP contribution in [0.5, 0.6) is 0 Å². The van der Waals surface area contributed by atoms with Crippen LogP contribution in [0.15, 0.2) is 22.7 Å². The fraction of sp³-hybridized carbons (Fsp3) is 0.625. The highest BCUT2D eigenvalue weighted by molar-refractivity contribution is 6.39. The quantitative estimate of drug-likeness (QED) is 0.594. The Kier molecular flexibility index (Phi) is 6.93. The van der Waals surface area contributed by atoms with E-state index in [-0.39, 0.29) is 18.2 Å². The minimum absolute atomic E-state index is 0.127. The molecule has 1 aliphatic heterocycles. The largest absolute Gasteiger partial charge is 0.391 e. The highest BCUT2D eigenvalue weighted by atomic mass is 35.5. The monoisotopic (exact) mass is 483 g/mol. The predicted molar refractivity (Wildman–Crippen MR) is 122 cm³/mol. The molecule has 8 heteroatoms. The molecule has 0 amide bonds. The third-order valence-electron chi connectivity index (χ3n) is 6.94. The molecule has 3 fully saturated rings. The van der Waals surface area contributed by atoms with Gasteiger partial charge in [-0.25, -0.2) is 0 Å². The smallest absolute Gasteiger partial charge is 0.174 e. The molecule has 1 spiro atoms. The molecule has 2 N–H and O–H groups in total. The maximum Gasteiger partial charge on any atom is 0.174 e. The van der Waals surface area contributed by atoms with Crippen LogP contribution < -0.4 is 0 Å². The Labute approximate surface area is 198 Å². The Morgan fingerprint density at radius 2 is 1.81 bits per heavy atom. The lowest BCUT2D eigenvalue weighted by molar-refractivity contribution is -0.225. The number of nitrogens with zero attached hydrogens (tertiary/aromatic N) is 1. The van der Waals surface area contributed by atoms with Crippen LogP contribution in [0, 0.1) is 17.8 Å². The van der Waals surface area contributed by atoms with Gasteiger partial charge in [-0.2, -0.15) is 0 Å². The first-order chi connectivity index (χ1) is 15.2. The van der Waals surface area contributed by atoms with Gasteiger partial charge in [-0.1, -0.05) is 47.8 Å². The number of rotatable bonds is 3. The molecule has 2 aliphatic carbocycles. The van der Waals surface area contributed by atoms with E-state index in [1.807, 2.05) is 0 Å². The fourth-order valence-corrected chi connectivity index (χ4v) is 6.19. The molecule has 32 heavy (non-hydrogen) atoms. The van der Waals surface area contributed by atoms with Gasteiger partial charge in [-0.3, -0.25) is 0 Å². The van der Waals surface area contributed by atoms with Crippen molar-refractivity contribution >= 4 is 23.2 Å². The molecule has 2 aromatic rings. The van der Waals surface area contributed by atoms with Crippen LogP contribution in [-0.2, 0) is 21.7 Å². The van der Waals surface area contributed by atoms with E-state index in [1.165, 1.54) is 25.7 Å². The predicted octanol–water partition coefficient (Wildman–Crippen LogP) is 5.55. The molecular formula is C24H31Cl2NO5. The number of aliphatic hydroxyl groups is 2. The van der Waals surface area contributed by atoms with Gasteiger partial charge in [0.25, 0.3) is 0 Å². The summed E-state index contributed by atoms with van der Waals surface area (Å²) in [6.45, 7) is 6.76. The van der Waals surface area contributed by atoms with E-state index in [9.17, 15) is 10.2 Å². The second-order valence-electron chi connectivity index (χ2n) is 9.52. The average Bonchev–Trinajstić information content (AvgIpc) is 3.40. The molecule has 3 unspecified atom stereocenters. The molecule has 2 saturated carbocycles. The van der Waals surface area contributed by atoms with E-state index < -0.39 is 5.60 Å². The van der Waals surface area contributed by atoms with Gasteiger partial charge in [0.2, 0.25) is 0 Å². The lowest BCUT2D eigenvalue weighted by Crippen LogP contribution is -2.44. The second kappa shape index (κ2) is 9.24. The van der Waals surface area contributed by atoms with Crippen LogP contribution in [0.4, 0.5) is 0 Å². The molecular weight excluding hydrogens is 453 g/mol. The van der Waals surface area contributed by atoms with E-state index in [0.717, 1.165) is 19.1 Å². The summed E-state index contributed by atoms with van der Waals surface area (Å²) in [4.78, 5) is 0. The SMILES string of the molecule is CC(C)(O)c1onc(-c2c(Cl)cccc2Cl)c1CO.CC1CC2CCCC1C21OCCO1. The van der Waals surface area contributed by atoms with E-state index in [0.29, 0.717) is 38.7 Å². The summed E-state index contributed by atoms with van der Waals surface area (Å²) in [7, 11) is 0. The zero-order valence-electron chi connectivity index (χ0n) is 18.7. The molecule has 3 aliphatic rings. The fourth-order valence-electron chi connectivity index (χ4n) is 5.62. The van der Waals surface area contributed by atoms with Crippen LogP contribution in [0.1, 0.15) is 57.8 Å². The van der Waals surface area contributed by atoms with E-state index >= 15 is 0 Å². The Balaban J connectivity index is 0.000000163. The van der Waals surface area contributed by atoms with Crippen LogP contribution in [0.25, 0.3) is 11.3 Å². The van der Waals surface area contributed by atoms with Crippen molar-refractivity contribution in [3.63, 3.8) is 0 Å². The maximum atomic E-state index is 9.99. The summed E-state index contributed by atoms with van der Waals surface area (Å²) >= 11 is 12.2. The van der Waals surface area contributed by atoms with Crippen molar-refractivity contribution in [1.82, 2.24) is 5.16 Å². The Bertz CT molecular complexity index is 928. The van der Waals surface area contributed by atoms with Gasteiger partial charge in [0, 0.05) is 17.4 Å². The number of aliphatic hydroxyl groups excluding tert-OH is 1. The van der Waals surface area contributed by atoms with E-state index in [4.69, 9.17) is 37.2 Å². The summed E-state index contributed by atoms with van der Waals surface area (Å²) in [5, 5.41) is 24.2. The molecule has 1 aromatic carbocycles. The highest BCUT2D eigenvalue weighted by Gasteiger charge is 2.58. The molecule has 2 heterocycles. The third kappa shape index (κ3) is 4.22. The standard InChI is InChI=1S/C13H13Cl2NO3.C11H18O2/c1-13(2,18)12-7(6-17)11(16-19-12)10-8(14)4-3-5-9(10)15;1-8-7-9-3-2-4-10(8)11(9)12-5-6-13-11/h3-5,17-18H,6H2,1-2H3;8-10H,2-7H2,1H3. The summed E-state index contributed by atoms with van der Waals surface area (Å²) in [6.07, 6.45) is 5.34. The number of benzene rings is 1. The van der Waals surface area contributed by atoms with Gasteiger partial charge in [0.1, 0.15) is 11.3 Å². The van der Waals surface area contributed by atoms with Gasteiger partial charge in [0.15, 0.2) is 11.5 Å². The van der Waals surface area contributed by atoms with Crippen molar-refractivity contribution in [3.8, 4) is 11.3 Å². The zero-order chi connectivity index (χ0) is 23.1. The molecule has 0 radical (unpaired) electrons. The van der Waals surface area contributed by atoms with Crippen molar-refractivity contribution in [2.24, 2.45) is 17.8 Å². The second-order valence-corrected chi connectivity index (χ2v) is 10.3. The number of halogens is 2. The highest BCUT2D eigenvalue weighted by Crippen LogP contribution is 2.56. The van der Waals surface area contributed by atoms with Gasteiger partial charge >= 0.3 is 0 Å². The first-order valence-electron chi connectivity index (χ1n) is 11.2. The molecule has 5 rings (SSSR count). The number of hydrogen-bond acceptors (Lipinski definition) is 6. The summed E-state index contributed by atoms with van der Waals surface area (Å²) in [5.41, 5.74) is -0.0521. The Morgan fingerprint density at radius 3 is 2.38 bits per heavy atom. The summed E-state index contributed by atoms with van der Waals surface area (Å²) in [5.74, 6) is 2.27. The number of aromatic nitrogens is 1. The van der Waals surface area contributed by atoms with Crippen molar-refractivity contribution in [3.05, 3.63) is 39.6 Å². The molecule has 176 valence electrons. The van der Waals surface area contributed by atoms with Crippen molar-refractivity contribution in [2.45, 2.75) is 64.4 Å². The van der Waals surface area contributed by atoms with E-state index in [2.05, 4.69) is 12.1 Å². The molecule has 1 aromatic heterocycles. The summed E-state index contributed by atoms with van der Waals surface area (Å²) < 4.78 is 17.0. The van der Waals surface area contributed by atoms with Gasteiger partial charge in [0.05, 0.1) is 35.4 Å². The van der Waals surface area contributed by atoms with Gasteiger partial charge in [-0.05, 0) is 51.2 Å². The van der Waals surface area contributed by atoms with Crippen LogP contribution >= 0.6 is 23.2 Å².